The maximum atomic E-state index is 11.8. The monoisotopic (exact) mass is 259 g/mol. The van der Waals surface area contributed by atoms with E-state index in [9.17, 15) is 9.90 Å². The first-order valence-corrected chi connectivity index (χ1v) is 6.58. The largest absolute Gasteiger partial charge is 0.391 e. The van der Waals surface area contributed by atoms with E-state index in [4.69, 9.17) is 0 Å². The molecule has 0 radical (unpaired) electrons. The molecule has 1 aliphatic rings. The minimum Gasteiger partial charge on any atom is -0.391 e. The van der Waals surface area contributed by atoms with E-state index in [0.29, 0.717) is 12.5 Å². The van der Waals surface area contributed by atoms with Crippen LogP contribution >= 0.6 is 0 Å². The van der Waals surface area contributed by atoms with Gasteiger partial charge in [-0.05, 0) is 30.9 Å². The summed E-state index contributed by atoms with van der Waals surface area (Å²) in [4.78, 5) is 16.1. The first-order chi connectivity index (χ1) is 9.24. The Bertz CT molecular complexity index is 589. The van der Waals surface area contributed by atoms with Crippen LogP contribution in [-0.2, 0) is 11.3 Å². The summed E-state index contributed by atoms with van der Waals surface area (Å²) in [5.41, 5.74) is 1.83. The van der Waals surface area contributed by atoms with Gasteiger partial charge in [-0.2, -0.15) is 0 Å². The molecule has 0 saturated heterocycles. The van der Waals surface area contributed by atoms with E-state index in [1.807, 2.05) is 28.8 Å². The van der Waals surface area contributed by atoms with Crippen molar-refractivity contribution in [1.82, 2.24) is 14.9 Å². The van der Waals surface area contributed by atoms with Crippen molar-refractivity contribution in [2.24, 2.45) is 5.92 Å². The Morgan fingerprint density at radius 1 is 1.47 bits per heavy atom. The molecular weight excluding hydrogens is 242 g/mol. The summed E-state index contributed by atoms with van der Waals surface area (Å²) >= 11 is 0. The van der Waals surface area contributed by atoms with Crippen LogP contribution in [-0.4, -0.2) is 33.2 Å². The van der Waals surface area contributed by atoms with Gasteiger partial charge in [-0.3, -0.25) is 4.79 Å². The number of aliphatic hydroxyl groups is 1. The Labute approximate surface area is 111 Å². The van der Waals surface area contributed by atoms with Gasteiger partial charge < -0.3 is 15.0 Å². The minimum absolute atomic E-state index is 0.0946. The van der Waals surface area contributed by atoms with Gasteiger partial charge in [-0.1, -0.05) is 12.1 Å². The third-order valence-corrected chi connectivity index (χ3v) is 3.52. The molecule has 1 saturated carbocycles. The molecule has 1 heterocycles. The summed E-state index contributed by atoms with van der Waals surface area (Å²) in [7, 11) is 0. The summed E-state index contributed by atoms with van der Waals surface area (Å²) in [5.74, 6) is 0.289. The lowest BCUT2D eigenvalue weighted by atomic mass is 10.2. The van der Waals surface area contributed by atoms with Crippen molar-refractivity contribution in [2.75, 3.05) is 6.54 Å². The molecule has 1 aromatic carbocycles. The highest BCUT2D eigenvalue weighted by Gasteiger charge is 2.29. The van der Waals surface area contributed by atoms with Crippen LogP contribution in [0.3, 0.4) is 0 Å². The number of para-hydroxylation sites is 2. The average Bonchev–Trinajstić information content (AvgIpc) is 3.20. The molecule has 19 heavy (non-hydrogen) atoms. The molecule has 1 aliphatic carbocycles. The van der Waals surface area contributed by atoms with Crippen LogP contribution in [0.15, 0.2) is 30.6 Å². The fraction of sp³-hybridized carbons (Fsp3) is 0.429. The quantitative estimate of drug-likeness (QED) is 0.839. The first kappa shape index (κ1) is 12.2. The maximum Gasteiger partial charge on any atom is 0.240 e. The molecule has 5 nitrogen and oxygen atoms in total. The van der Waals surface area contributed by atoms with Crippen molar-refractivity contribution in [1.29, 1.82) is 0 Å². The number of aromatic nitrogens is 2. The van der Waals surface area contributed by atoms with E-state index < -0.39 is 6.10 Å². The standard InChI is InChI=1S/C14H17N3O2/c18-13(10-5-6-10)7-15-14(19)8-17-9-16-11-3-1-2-4-12(11)17/h1-4,9-10,13,18H,5-8H2,(H,15,19). The highest BCUT2D eigenvalue weighted by atomic mass is 16.3. The zero-order valence-electron chi connectivity index (χ0n) is 10.6. The number of hydrogen-bond donors (Lipinski definition) is 2. The van der Waals surface area contributed by atoms with Gasteiger partial charge in [0.15, 0.2) is 0 Å². The zero-order valence-corrected chi connectivity index (χ0v) is 10.6. The molecule has 0 bridgehead atoms. The summed E-state index contributed by atoms with van der Waals surface area (Å²) in [5, 5.41) is 12.5. The summed E-state index contributed by atoms with van der Waals surface area (Å²) in [6, 6.07) is 7.70. The molecule has 0 spiro atoms. The van der Waals surface area contributed by atoms with Gasteiger partial charge >= 0.3 is 0 Å². The molecule has 2 N–H and O–H groups in total. The highest BCUT2D eigenvalue weighted by Crippen LogP contribution is 2.32. The lowest BCUT2D eigenvalue weighted by Gasteiger charge is -2.11. The maximum absolute atomic E-state index is 11.8. The molecule has 3 rings (SSSR count). The van der Waals surface area contributed by atoms with Gasteiger partial charge in [0.05, 0.1) is 23.5 Å². The smallest absolute Gasteiger partial charge is 0.240 e. The molecular formula is C14H17N3O2. The van der Waals surface area contributed by atoms with Gasteiger partial charge in [0, 0.05) is 6.54 Å². The second kappa shape index (κ2) is 5.01. The van der Waals surface area contributed by atoms with E-state index >= 15 is 0 Å². The van der Waals surface area contributed by atoms with E-state index in [0.717, 1.165) is 23.9 Å². The number of fused-ring (bicyclic) bond motifs is 1. The van der Waals surface area contributed by atoms with E-state index in [1.165, 1.54) is 0 Å². The van der Waals surface area contributed by atoms with Gasteiger partial charge in [-0.25, -0.2) is 4.98 Å². The number of amides is 1. The Kier molecular flexibility index (Phi) is 3.21. The van der Waals surface area contributed by atoms with Crippen LogP contribution in [0.2, 0.25) is 0 Å². The Morgan fingerprint density at radius 3 is 3.05 bits per heavy atom. The number of rotatable bonds is 5. The molecule has 1 atom stereocenters. The van der Waals surface area contributed by atoms with Gasteiger partial charge in [-0.15, -0.1) is 0 Å². The second-order valence-corrected chi connectivity index (χ2v) is 5.07. The number of nitrogens with one attached hydrogen (secondary N) is 1. The fourth-order valence-electron chi connectivity index (χ4n) is 2.21. The van der Waals surface area contributed by atoms with Crippen molar-refractivity contribution < 1.29 is 9.90 Å². The number of nitrogens with zero attached hydrogens (tertiary/aromatic N) is 2. The van der Waals surface area contributed by atoms with Gasteiger partial charge in [0.25, 0.3) is 0 Å². The van der Waals surface area contributed by atoms with Crippen molar-refractivity contribution in [2.45, 2.75) is 25.5 Å². The Hall–Kier alpha value is -1.88. The number of carbonyl (C=O) groups excluding carboxylic acids is 1. The normalized spacial score (nSPS) is 16.5. The Morgan fingerprint density at radius 2 is 2.26 bits per heavy atom. The number of carbonyl (C=O) groups is 1. The third-order valence-electron chi connectivity index (χ3n) is 3.52. The van der Waals surface area contributed by atoms with Crippen LogP contribution in [0, 0.1) is 5.92 Å². The highest BCUT2D eigenvalue weighted by molar-refractivity contribution is 5.80. The number of imidazole rings is 1. The number of benzene rings is 1. The molecule has 1 aromatic heterocycles. The van der Waals surface area contributed by atoms with Crippen LogP contribution in [0.5, 0.6) is 0 Å². The number of hydrogen-bond acceptors (Lipinski definition) is 3. The van der Waals surface area contributed by atoms with Crippen LogP contribution in [0.4, 0.5) is 0 Å². The van der Waals surface area contributed by atoms with Crippen molar-refractivity contribution in [3.8, 4) is 0 Å². The van der Waals surface area contributed by atoms with Gasteiger partial charge in [0.2, 0.25) is 5.91 Å². The predicted octanol–water partition coefficient (Wildman–Crippen LogP) is 0.923. The SMILES string of the molecule is O=C(Cn1cnc2ccccc21)NCC(O)C1CC1. The summed E-state index contributed by atoms with van der Waals surface area (Å²) in [6.07, 6.45) is 3.41. The molecule has 0 aliphatic heterocycles. The average molecular weight is 259 g/mol. The zero-order chi connectivity index (χ0) is 13.2. The summed E-state index contributed by atoms with van der Waals surface area (Å²) < 4.78 is 1.81. The molecule has 1 unspecified atom stereocenters. The summed E-state index contributed by atoms with van der Waals surface area (Å²) in [6.45, 7) is 0.577. The third kappa shape index (κ3) is 2.76. The second-order valence-electron chi connectivity index (χ2n) is 5.07. The van der Waals surface area contributed by atoms with Crippen LogP contribution < -0.4 is 5.32 Å². The predicted molar refractivity (Wildman–Crippen MR) is 71.5 cm³/mol. The molecule has 5 heteroatoms. The molecule has 2 aromatic rings. The van der Waals surface area contributed by atoms with E-state index in [2.05, 4.69) is 10.3 Å². The first-order valence-electron chi connectivity index (χ1n) is 6.58. The van der Waals surface area contributed by atoms with Crippen molar-refractivity contribution in [3.63, 3.8) is 0 Å². The lowest BCUT2D eigenvalue weighted by Crippen LogP contribution is -2.35. The fourth-order valence-corrected chi connectivity index (χ4v) is 2.21. The van der Waals surface area contributed by atoms with E-state index in [1.54, 1.807) is 6.33 Å². The minimum atomic E-state index is -0.400. The van der Waals surface area contributed by atoms with Gasteiger partial charge in [0.1, 0.15) is 6.54 Å². The van der Waals surface area contributed by atoms with Crippen molar-refractivity contribution >= 4 is 16.9 Å². The topological polar surface area (TPSA) is 67.2 Å². The molecule has 1 amide bonds. The van der Waals surface area contributed by atoms with Crippen molar-refractivity contribution in [3.05, 3.63) is 30.6 Å². The molecule has 100 valence electrons. The van der Waals surface area contributed by atoms with E-state index in [-0.39, 0.29) is 12.5 Å². The molecule has 1 fully saturated rings. The number of aliphatic hydroxyl groups excluding tert-OH is 1. The Balaban J connectivity index is 1.59. The van der Waals surface area contributed by atoms with Crippen LogP contribution in [0.1, 0.15) is 12.8 Å². The van der Waals surface area contributed by atoms with Crippen LogP contribution in [0.25, 0.3) is 11.0 Å². The lowest BCUT2D eigenvalue weighted by molar-refractivity contribution is -0.122.